The molecule has 196 valence electrons. The summed E-state index contributed by atoms with van der Waals surface area (Å²) >= 11 is 0. The lowest BCUT2D eigenvalue weighted by Gasteiger charge is -2.14. The molecule has 38 heavy (non-hydrogen) atoms. The number of carbonyl (C=O) groups is 2. The average molecular weight is 525 g/mol. The number of anilines is 1. The number of nitro groups is 2. The highest BCUT2D eigenvalue weighted by Gasteiger charge is 2.24. The molecule has 0 saturated carbocycles. The second-order valence-electron chi connectivity index (χ2n) is 7.17. The third kappa shape index (κ3) is 6.14. The van der Waals surface area contributed by atoms with E-state index in [0.717, 1.165) is 12.1 Å². The van der Waals surface area contributed by atoms with E-state index in [4.69, 9.17) is 19.0 Å². The van der Waals surface area contributed by atoms with Crippen LogP contribution < -0.4 is 19.7 Å². The minimum atomic E-state index is -1.06. The van der Waals surface area contributed by atoms with Gasteiger partial charge in [-0.1, -0.05) is 0 Å². The molecule has 15 nitrogen and oxygen atoms in total. The molecule has 0 heterocycles. The van der Waals surface area contributed by atoms with Gasteiger partial charge in [-0.25, -0.2) is 10.3 Å². The van der Waals surface area contributed by atoms with Gasteiger partial charge in [0.05, 0.1) is 54.2 Å². The summed E-state index contributed by atoms with van der Waals surface area (Å²) in [4.78, 5) is 50.2. The van der Waals surface area contributed by atoms with Crippen molar-refractivity contribution in [3.63, 3.8) is 0 Å². The molecule has 0 aromatic heterocycles. The molecule has 3 aromatic carbocycles. The Morgan fingerprint density at radius 3 is 2.00 bits per heavy atom. The van der Waals surface area contributed by atoms with Crippen LogP contribution in [0.1, 0.15) is 20.7 Å². The van der Waals surface area contributed by atoms with E-state index in [0.29, 0.717) is 17.5 Å². The van der Waals surface area contributed by atoms with Crippen molar-refractivity contribution in [1.82, 2.24) is 0 Å². The molecule has 0 aliphatic heterocycles. The zero-order valence-electron chi connectivity index (χ0n) is 20.1. The van der Waals surface area contributed by atoms with E-state index in [2.05, 4.69) is 15.7 Å². The number of nitro benzene ring substituents is 2. The second-order valence-corrected chi connectivity index (χ2v) is 7.17. The van der Waals surface area contributed by atoms with Gasteiger partial charge in [-0.05, 0) is 42.5 Å². The first-order valence-corrected chi connectivity index (χ1v) is 10.4. The van der Waals surface area contributed by atoms with Crippen molar-refractivity contribution in [2.45, 2.75) is 0 Å². The zero-order chi connectivity index (χ0) is 27.8. The van der Waals surface area contributed by atoms with E-state index in [1.807, 2.05) is 0 Å². The minimum Gasteiger partial charge on any atom is -0.493 e. The standard InChI is InChI=1S/C23H19N5O10/c1-35-19-10-13(11-20(36-2)21(19)37-3)23(30)38-26-15-6-4-14(5-7-15)24-25-22(29)17-9-8-16(27(31)32)12-18(17)28(33)34/h4-12,26H,1-3H3. The maximum atomic E-state index is 12.5. The van der Waals surface area contributed by atoms with Crippen molar-refractivity contribution in [3.8, 4) is 17.2 Å². The fraction of sp³-hybridized carbons (Fsp3) is 0.130. The molecule has 1 amide bonds. The molecule has 0 spiro atoms. The third-order valence-corrected chi connectivity index (χ3v) is 4.90. The molecule has 15 heteroatoms. The lowest BCUT2D eigenvalue weighted by molar-refractivity contribution is -0.394. The first-order chi connectivity index (χ1) is 18.2. The molecule has 0 aliphatic rings. The number of hydrogen-bond acceptors (Lipinski definition) is 12. The number of non-ortho nitro benzene ring substituents is 1. The highest BCUT2D eigenvalue weighted by Crippen LogP contribution is 2.38. The van der Waals surface area contributed by atoms with Crippen LogP contribution in [0.4, 0.5) is 22.7 Å². The fourth-order valence-electron chi connectivity index (χ4n) is 3.08. The van der Waals surface area contributed by atoms with E-state index in [-0.39, 0.29) is 22.7 Å². The topological polar surface area (TPSA) is 194 Å². The van der Waals surface area contributed by atoms with E-state index in [1.165, 1.54) is 57.7 Å². The van der Waals surface area contributed by atoms with Crippen molar-refractivity contribution < 1.29 is 38.5 Å². The highest BCUT2D eigenvalue weighted by atomic mass is 16.7. The molecule has 0 bridgehead atoms. The number of carbonyl (C=O) groups excluding carboxylic acids is 2. The zero-order valence-corrected chi connectivity index (χ0v) is 20.1. The molecule has 0 saturated heterocycles. The van der Waals surface area contributed by atoms with Crippen LogP contribution >= 0.6 is 0 Å². The number of ether oxygens (including phenoxy) is 3. The van der Waals surface area contributed by atoms with Crippen molar-refractivity contribution in [2.75, 3.05) is 26.8 Å². The van der Waals surface area contributed by atoms with Crippen molar-refractivity contribution in [2.24, 2.45) is 10.2 Å². The maximum absolute atomic E-state index is 12.5. The predicted molar refractivity (Wildman–Crippen MR) is 130 cm³/mol. The molecule has 0 aliphatic carbocycles. The van der Waals surface area contributed by atoms with Gasteiger partial charge in [-0.3, -0.25) is 25.0 Å². The monoisotopic (exact) mass is 525 g/mol. The van der Waals surface area contributed by atoms with Crippen molar-refractivity contribution >= 4 is 34.6 Å². The molecule has 0 fully saturated rings. The molecule has 0 unspecified atom stereocenters. The van der Waals surface area contributed by atoms with Gasteiger partial charge in [0.15, 0.2) is 11.5 Å². The van der Waals surface area contributed by atoms with Gasteiger partial charge in [-0.15, -0.1) is 10.2 Å². The van der Waals surface area contributed by atoms with Crippen LogP contribution in [0.3, 0.4) is 0 Å². The normalized spacial score (nSPS) is 10.5. The van der Waals surface area contributed by atoms with E-state index >= 15 is 0 Å². The van der Waals surface area contributed by atoms with Crippen LogP contribution in [-0.2, 0) is 4.84 Å². The minimum absolute atomic E-state index is 0.122. The summed E-state index contributed by atoms with van der Waals surface area (Å²) in [5.41, 5.74) is 1.37. The first-order valence-electron chi connectivity index (χ1n) is 10.4. The third-order valence-electron chi connectivity index (χ3n) is 4.90. The van der Waals surface area contributed by atoms with Crippen LogP contribution in [0.2, 0.25) is 0 Å². The molecule has 0 radical (unpaired) electrons. The Morgan fingerprint density at radius 2 is 1.47 bits per heavy atom. The Morgan fingerprint density at radius 1 is 0.842 bits per heavy atom. The Bertz CT molecular complexity index is 1400. The Hall–Kier alpha value is -5.60. The second kappa shape index (κ2) is 11.9. The number of amides is 1. The van der Waals surface area contributed by atoms with Gasteiger partial charge >= 0.3 is 11.9 Å². The Balaban J connectivity index is 1.67. The quantitative estimate of drug-likeness (QED) is 0.220. The molecular formula is C23H19N5O10. The lowest BCUT2D eigenvalue weighted by atomic mass is 10.1. The van der Waals surface area contributed by atoms with Gasteiger partial charge in [0.2, 0.25) is 5.75 Å². The van der Waals surface area contributed by atoms with E-state index < -0.39 is 38.7 Å². The SMILES string of the molecule is COc1cc(C(=O)ONc2ccc(N=NC(=O)c3ccc([N+](=O)[O-])cc3[N+](=O)[O-])cc2)cc(OC)c1OC. The van der Waals surface area contributed by atoms with Crippen LogP contribution in [0.15, 0.2) is 64.8 Å². The number of methoxy groups -OCH3 is 3. The molecule has 0 atom stereocenters. The lowest BCUT2D eigenvalue weighted by Crippen LogP contribution is -2.11. The summed E-state index contributed by atoms with van der Waals surface area (Å²) in [5.74, 6) is -0.966. The smallest absolute Gasteiger partial charge is 0.363 e. The van der Waals surface area contributed by atoms with Gasteiger partial charge in [-0.2, -0.15) is 0 Å². The summed E-state index contributed by atoms with van der Waals surface area (Å²) in [5, 5.41) is 29.2. The largest absolute Gasteiger partial charge is 0.493 e. The Kier molecular flexibility index (Phi) is 8.45. The Labute approximate surface area is 213 Å². The maximum Gasteiger partial charge on any atom is 0.363 e. The first kappa shape index (κ1) is 27.0. The van der Waals surface area contributed by atoms with Gasteiger partial charge in [0, 0.05) is 6.07 Å². The van der Waals surface area contributed by atoms with Crippen LogP contribution in [-0.4, -0.2) is 43.1 Å². The van der Waals surface area contributed by atoms with Gasteiger partial charge in [0.25, 0.3) is 11.4 Å². The van der Waals surface area contributed by atoms with Gasteiger partial charge in [0.1, 0.15) is 5.56 Å². The number of rotatable bonds is 10. The summed E-state index contributed by atoms with van der Waals surface area (Å²) in [6.45, 7) is 0. The number of benzene rings is 3. The highest BCUT2D eigenvalue weighted by molar-refractivity contribution is 5.99. The number of nitrogens with one attached hydrogen (secondary N) is 1. The molecule has 1 N–H and O–H groups in total. The van der Waals surface area contributed by atoms with Crippen molar-refractivity contribution in [3.05, 3.63) is 86.0 Å². The number of nitrogens with zero attached hydrogens (tertiary/aromatic N) is 4. The molecular weight excluding hydrogens is 506 g/mol. The number of hydrogen-bond donors (Lipinski definition) is 1. The fourth-order valence-corrected chi connectivity index (χ4v) is 3.08. The summed E-state index contributed by atoms with van der Waals surface area (Å²) in [6.07, 6.45) is 0. The summed E-state index contributed by atoms with van der Waals surface area (Å²) in [6, 6.07) is 11.2. The van der Waals surface area contributed by atoms with E-state index in [1.54, 1.807) is 0 Å². The van der Waals surface area contributed by atoms with Crippen LogP contribution in [0.25, 0.3) is 0 Å². The molecule has 3 rings (SSSR count). The van der Waals surface area contributed by atoms with Crippen LogP contribution in [0, 0.1) is 20.2 Å². The summed E-state index contributed by atoms with van der Waals surface area (Å²) in [7, 11) is 4.24. The van der Waals surface area contributed by atoms with Crippen molar-refractivity contribution in [1.29, 1.82) is 0 Å². The molecule has 3 aromatic rings. The average Bonchev–Trinajstić information content (AvgIpc) is 2.93. The summed E-state index contributed by atoms with van der Waals surface area (Å²) < 4.78 is 15.6. The van der Waals surface area contributed by atoms with Crippen LogP contribution in [0.5, 0.6) is 17.2 Å². The number of azo groups is 1. The predicted octanol–water partition coefficient (Wildman–Crippen LogP) is 4.64. The van der Waals surface area contributed by atoms with Gasteiger partial charge < -0.3 is 19.0 Å². The van der Waals surface area contributed by atoms with E-state index in [9.17, 15) is 29.8 Å².